The zero-order chi connectivity index (χ0) is 14.2. The lowest BCUT2D eigenvalue weighted by molar-refractivity contribution is 0.0392. The third kappa shape index (κ3) is 2.92. The van der Waals surface area contributed by atoms with Crippen LogP contribution in [-0.4, -0.2) is 29.6 Å². The summed E-state index contributed by atoms with van der Waals surface area (Å²) in [4.78, 5) is 2.59. The minimum Gasteiger partial charge on any atom is -0.311 e. The summed E-state index contributed by atoms with van der Waals surface area (Å²) in [5.74, 6) is -0.155. The van der Waals surface area contributed by atoms with Gasteiger partial charge in [0.25, 0.3) is 0 Å². The summed E-state index contributed by atoms with van der Waals surface area (Å²) in [7, 11) is 0. The molecule has 0 amide bonds. The van der Waals surface area contributed by atoms with Gasteiger partial charge < -0.3 is 5.32 Å². The molecule has 1 saturated carbocycles. The fraction of sp³-hybridized carbons (Fsp3) is 0.625. The molecule has 4 heteroatoms. The van der Waals surface area contributed by atoms with Gasteiger partial charge in [0.2, 0.25) is 0 Å². The van der Waals surface area contributed by atoms with E-state index in [-0.39, 0.29) is 5.82 Å². The number of nitrogens with zero attached hydrogens (tertiary/aromatic N) is 1. The van der Waals surface area contributed by atoms with Gasteiger partial charge in [-0.25, -0.2) is 4.39 Å². The maximum Gasteiger partial charge on any atom is 0.124 e. The monoisotopic (exact) mass is 340 g/mol. The molecule has 1 aromatic rings. The molecule has 1 heterocycles. The molecule has 3 rings (SSSR count). The molecule has 1 saturated heterocycles. The second kappa shape index (κ2) is 5.74. The SMILES string of the molecule is CC1CN(Cc2cc(F)cc(Br)c2)C2(CCCC2)CN1. The zero-order valence-corrected chi connectivity index (χ0v) is 13.5. The predicted octanol–water partition coefficient (Wildman–Crippen LogP) is 3.69. The van der Waals surface area contributed by atoms with Crippen molar-refractivity contribution >= 4 is 15.9 Å². The normalized spacial score (nSPS) is 26.2. The number of nitrogens with one attached hydrogen (secondary N) is 1. The third-order valence-electron chi connectivity index (χ3n) is 4.77. The Hall–Kier alpha value is -0.450. The second-order valence-corrected chi connectivity index (χ2v) is 7.29. The van der Waals surface area contributed by atoms with Gasteiger partial charge in [-0.2, -0.15) is 0 Å². The minimum atomic E-state index is -0.155. The fourth-order valence-electron chi connectivity index (χ4n) is 3.75. The summed E-state index contributed by atoms with van der Waals surface area (Å²) in [5, 5.41) is 3.63. The van der Waals surface area contributed by atoms with Crippen LogP contribution in [0.4, 0.5) is 4.39 Å². The molecule has 1 unspecified atom stereocenters. The summed E-state index contributed by atoms with van der Waals surface area (Å²) in [5.41, 5.74) is 1.36. The van der Waals surface area contributed by atoms with Crippen molar-refractivity contribution in [3.63, 3.8) is 0 Å². The first-order valence-electron chi connectivity index (χ1n) is 7.51. The summed E-state index contributed by atoms with van der Waals surface area (Å²) in [6.07, 6.45) is 5.17. The Balaban J connectivity index is 1.82. The van der Waals surface area contributed by atoms with E-state index in [1.165, 1.54) is 31.7 Å². The van der Waals surface area contributed by atoms with Crippen LogP contribution in [0.25, 0.3) is 0 Å². The lowest BCUT2D eigenvalue weighted by atomic mass is 9.90. The van der Waals surface area contributed by atoms with Gasteiger partial charge in [0.15, 0.2) is 0 Å². The Morgan fingerprint density at radius 1 is 1.35 bits per heavy atom. The largest absolute Gasteiger partial charge is 0.311 e. The first-order chi connectivity index (χ1) is 9.57. The summed E-state index contributed by atoms with van der Waals surface area (Å²) in [6, 6.07) is 5.74. The predicted molar refractivity (Wildman–Crippen MR) is 83.2 cm³/mol. The van der Waals surface area contributed by atoms with Crippen molar-refractivity contribution in [2.75, 3.05) is 13.1 Å². The van der Waals surface area contributed by atoms with Crippen molar-refractivity contribution in [3.8, 4) is 0 Å². The molecule has 1 aliphatic carbocycles. The van der Waals surface area contributed by atoms with Crippen LogP contribution in [0, 0.1) is 5.82 Å². The second-order valence-electron chi connectivity index (χ2n) is 6.37. The standard InChI is InChI=1S/C16H22BrFN2/c1-12-9-20(16(11-19-12)4-2-3-5-16)10-13-6-14(17)8-15(18)7-13/h6-8,12,19H,2-5,9-11H2,1H3. The highest BCUT2D eigenvalue weighted by molar-refractivity contribution is 9.10. The maximum absolute atomic E-state index is 13.6. The third-order valence-corrected chi connectivity index (χ3v) is 5.23. The lowest BCUT2D eigenvalue weighted by Crippen LogP contribution is -2.62. The quantitative estimate of drug-likeness (QED) is 0.883. The summed E-state index contributed by atoms with van der Waals surface area (Å²) in [6.45, 7) is 5.21. The molecule has 1 atom stereocenters. The molecule has 1 N–H and O–H groups in total. The van der Waals surface area contributed by atoms with E-state index in [1.807, 2.05) is 6.07 Å². The van der Waals surface area contributed by atoms with E-state index < -0.39 is 0 Å². The molecule has 20 heavy (non-hydrogen) atoms. The van der Waals surface area contributed by atoms with Gasteiger partial charge in [0, 0.05) is 35.7 Å². The number of halogens is 2. The van der Waals surface area contributed by atoms with Crippen molar-refractivity contribution in [2.24, 2.45) is 0 Å². The van der Waals surface area contributed by atoms with Crippen LogP contribution in [-0.2, 0) is 6.54 Å². The molecule has 110 valence electrons. The minimum absolute atomic E-state index is 0.155. The average molecular weight is 341 g/mol. The van der Waals surface area contributed by atoms with Gasteiger partial charge in [0.1, 0.15) is 5.82 Å². The Kier molecular flexibility index (Phi) is 4.16. The smallest absolute Gasteiger partial charge is 0.124 e. The van der Waals surface area contributed by atoms with Crippen molar-refractivity contribution in [2.45, 2.75) is 50.7 Å². The summed E-state index contributed by atoms with van der Waals surface area (Å²) < 4.78 is 14.4. The van der Waals surface area contributed by atoms with Crippen LogP contribution in [0.5, 0.6) is 0 Å². The average Bonchev–Trinajstić information content (AvgIpc) is 2.83. The topological polar surface area (TPSA) is 15.3 Å². The Morgan fingerprint density at radius 2 is 2.10 bits per heavy atom. The van der Waals surface area contributed by atoms with Crippen molar-refractivity contribution in [1.82, 2.24) is 10.2 Å². The molecular weight excluding hydrogens is 319 g/mol. The maximum atomic E-state index is 13.6. The van der Waals surface area contributed by atoms with Gasteiger partial charge in [-0.15, -0.1) is 0 Å². The van der Waals surface area contributed by atoms with Crippen molar-refractivity contribution in [1.29, 1.82) is 0 Å². The molecule has 0 aromatic heterocycles. The molecule has 2 fully saturated rings. The molecule has 0 bridgehead atoms. The Labute approximate surface area is 128 Å². The molecule has 1 aliphatic heterocycles. The lowest BCUT2D eigenvalue weighted by Gasteiger charge is -2.48. The fourth-order valence-corrected chi connectivity index (χ4v) is 4.26. The van der Waals surface area contributed by atoms with Gasteiger partial charge >= 0.3 is 0 Å². The molecule has 1 spiro atoms. The van der Waals surface area contributed by atoms with Crippen LogP contribution < -0.4 is 5.32 Å². The molecule has 0 radical (unpaired) electrons. The molecule has 1 aromatic carbocycles. The van der Waals surface area contributed by atoms with Crippen LogP contribution in [0.2, 0.25) is 0 Å². The van der Waals surface area contributed by atoms with E-state index in [9.17, 15) is 4.39 Å². The van der Waals surface area contributed by atoms with Gasteiger partial charge in [-0.3, -0.25) is 4.90 Å². The van der Waals surface area contributed by atoms with Gasteiger partial charge in [0.05, 0.1) is 0 Å². The van der Waals surface area contributed by atoms with E-state index in [0.717, 1.165) is 29.7 Å². The number of hydrogen-bond acceptors (Lipinski definition) is 2. The zero-order valence-electron chi connectivity index (χ0n) is 12.0. The van der Waals surface area contributed by atoms with E-state index in [2.05, 4.69) is 33.1 Å². The summed E-state index contributed by atoms with van der Waals surface area (Å²) >= 11 is 3.39. The first-order valence-corrected chi connectivity index (χ1v) is 8.30. The molecular formula is C16H22BrFN2. The highest BCUT2D eigenvalue weighted by Gasteiger charge is 2.42. The van der Waals surface area contributed by atoms with E-state index in [4.69, 9.17) is 0 Å². The van der Waals surface area contributed by atoms with Crippen molar-refractivity contribution in [3.05, 3.63) is 34.1 Å². The van der Waals surface area contributed by atoms with Crippen LogP contribution in [0.1, 0.15) is 38.2 Å². The van der Waals surface area contributed by atoms with Crippen molar-refractivity contribution < 1.29 is 4.39 Å². The number of rotatable bonds is 2. The number of piperazine rings is 1. The van der Waals surface area contributed by atoms with Crippen LogP contribution >= 0.6 is 15.9 Å². The number of benzene rings is 1. The van der Waals surface area contributed by atoms with E-state index in [1.54, 1.807) is 6.07 Å². The highest BCUT2D eigenvalue weighted by Crippen LogP contribution is 2.37. The number of hydrogen-bond donors (Lipinski definition) is 1. The first kappa shape index (κ1) is 14.5. The highest BCUT2D eigenvalue weighted by atomic mass is 79.9. The Morgan fingerprint density at radius 3 is 2.80 bits per heavy atom. The van der Waals surface area contributed by atoms with Crippen LogP contribution in [0.3, 0.4) is 0 Å². The molecule has 2 aliphatic rings. The van der Waals surface area contributed by atoms with Gasteiger partial charge in [-0.1, -0.05) is 28.8 Å². The van der Waals surface area contributed by atoms with Crippen LogP contribution in [0.15, 0.2) is 22.7 Å². The Bertz CT molecular complexity index is 465. The molecule has 2 nitrogen and oxygen atoms in total. The van der Waals surface area contributed by atoms with Gasteiger partial charge in [-0.05, 0) is 43.5 Å². The van der Waals surface area contributed by atoms with E-state index in [0.29, 0.717) is 11.6 Å². The van der Waals surface area contributed by atoms with E-state index >= 15 is 0 Å².